The van der Waals surface area contributed by atoms with Gasteiger partial charge in [-0.05, 0) is 18.2 Å². The second kappa shape index (κ2) is 4.67. The van der Waals surface area contributed by atoms with Crippen molar-refractivity contribution in [2.75, 3.05) is 13.2 Å². The van der Waals surface area contributed by atoms with Crippen LogP contribution >= 0.6 is 11.3 Å². The van der Waals surface area contributed by atoms with Crippen molar-refractivity contribution in [3.05, 3.63) is 29.3 Å². The van der Waals surface area contributed by atoms with Crippen molar-refractivity contribution < 1.29 is 9.47 Å². The molecule has 90 valence electrons. The smallest absolute Gasteiger partial charge is 0.161 e. The van der Waals surface area contributed by atoms with E-state index in [1.54, 1.807) is 5.38 Å². The van der Waals surface area contributed by atoms with Crippen LogP contribution in [0.3, 0.4) is 0 Å². The Morgan fingerprint density at radius 1 is 1.22 bits per heavy atom. The number of aromatic nitrogens is 1. The maximum atomic E-state index is 8.78. The molecule has 2 heterocycles. The second-order valence-corrected chi connectivity index (χ2v) is 4.72. The van der Waals surface area contributed by atoms with Crippen LogP contribution in [0.2, 0.25) is 0 Å². The van der Waals surface area contributed by atoms with Crippen molar-refractivity contribution in [3.8, 4) is 28.1 Å². The lowest BCUT2D eigenvalue weighted by molar-refractivity contribution is 0.297. The highest BCUT2D eigenvalue weighted by Gasteiger charge is 2.12. The molecule has 0 fully saturated rings. The van der Waals surface area contributed by atoms with Crippen LogP contribution < -0.4 is 9.47 Å². The Balaban J connectivity index is 1.98. The Kier molecular flexibility index (Phi) is 2.87. The minimum absolute atomic E-state index is 0.446. The summed E-state index contributed by atoms with van der Waals surface area (Å²) in [6.45, 7) is 1.35. The van der Waals surface area contributed by atoms with E-state index in [1.807, 2.05) is 24.3 Å². The van der Waals surface area contributed by atoms with E-state index in [9.17, 15) is 0 Å². The third-order valence-corrected chi connectivity index (χ3v) is 3.50. The van der Waals surface area contributed by atoms with Crippen LogP contribution in [0.15, 0.2) is 23.6 Å². The molecule has 0 amide bonds. The molecule has 1 aromatic carbocycles. The molecule has 0 unspecified atom stereocenters. The van der Waals surface area contributed by atoms with Crippen molar-refractivity contribution in [3.63, 3.8) is 0 Å². The molecule has 5 heteroatoms. The van der Waals surface area contributed by atoms with Crippen LogP contribution in [0.1, 0.15) is 12.1 Å². The molecule has 18 heavy (non-hydrogen) atoms. The van der Waals surface area contributed by atoms with E-state index in [0.717, 1.165) is 28.5 Å². The van der Waals surface area contributed by atoms with Gasteiger partial charge in [-0.2, -0.15) is 5.26 Å². The summed E-state index contributed by atoms with van der Waals surface area (Å²) in [4.78, 5) is 4.23. The van der Waals surface area contributed by atoms with Gasteiger partial charge in [0.25, 0.3) is 0 Å². The van der Waals surface area contributed by atoms with Crippen LogP contribution in [-0.4, -0.2) is 18.2 Å². The van der Waals surface area contributed by atoms with E-state index < -0.39 is 0 Å². The van der Waals surface area contributed by atoms with E-state index in [-0.39, 0.29) is 0 Å². The maximum absolute atomic E-state index is 8.78. The Labute approximate surface area is 108 Å². The van der Waals surface area contributed by atoms with E-state index in [2.05, 4.69) is 4.98 Å². The van der Waals surface area contributed by atoms with Gasteiger partial charge >= 0.3 is 0 Å². The van der Waals surface area contributed by atoms with Gasteiger partial charge in [0.15, 0.2) is 17.2 Å². The summed E-state index contributed by atoms with van der Waals surface area (Å²) < 4.78 is 11.2. The average Bonchev–Trinajstić information content (AvgIpc) is 2.76. The predicted molar refractivity (Wildman–Crippen MR) is 67.9 cm³/mol. The number of benzene rings is 1. The lowest BCUT2D eigenvalue weighted by Gasteiger charge is -2.07. The number of hydrogen-bond acceptors (Lipinski definition) is 5. The quantitative estimate of drug-likeness (QED) is 0.789. The van der Waals surface area contributed by atoms with Gasteiger partial charge in [0.2, 0.25) is 0 Å². The standard InChI is InChI=1S/C13H10N2O2S/c14-7-10-8-18-13(15-10)9-2-3-11-12(6-9)17-5-1-4-16-11/h2-3,6,8H,1,4-5H2. The zero-order chi connectivity index (χ0) is 12.4. The molecular weight excluding hydrogens is 248 g/mol. The number of ether oxygens (including phenoxy) is 2. The first-order valence-electron chi connectivity index (χ1n) is 5.62. The van der Waals surface area contributed by atoms with Gasteiger partial charge < -0.3 is 9.47 Å². The molecule has 0 radical (unpaired) electrons. The monoisotopic (exact) mass is 258 g/mol. The number of hydrogen-bond donors (Lipinski definition) is 0. The van der Waals surface area contributed by atoms with Crippen molar-refractivity contribution in [2.24, 2.45) is 0 Å². The van der Waals surface area contributed by atoms with Crippen LogP contribution in [0.4, 0.5) is 0 Å². The molecule has 0 atom stereocenters. The van der Waals surface area contributed by atoms with Crippen LogP contribution in [-0.2, 0) is 0 Å². The maximum Gasteiger partial charge on any atom is 0.161 e. The number of rotatable bonds is 1. The Bertz CT molecular complexity index is 616. The summed E-state index contributed by atoms with van der Waals surface area (Å²) in [5, 5.41) is 11.3. The zero-order valence-electron chi connectivity index (χ0n) is 9.55. The number of nitrogens with zero attached hydrogens (tertiary/aromatic N) is 2. The molecule has 0 saturated carbocycles. The van der Waals surface area contributed by atoms with E-state index in [1.165, 1.54) is 11.3 Å². The molecule has 0 N–H and O–H groups in total. The van der Waals surface area contributed by atoms with Crippen molar-refractivity contribution in [1.82, 2.24) is 4.98 Å². The zero-order valence-corrected chi connectivity index (χ0v) is 10.4. The summed E-state index contributed by atoms with van der Waals surface area (Å²) >= 11 is 1.45. The number of thiazole rings is 1. The first-order valence-corrected chi connectivity index (χ1v) is 6.50. The van der Waals surface area contributed by atoms with Gasteiger partial charge in [-0.25, -0.2) is 4.98 Å². The van der Waals surface area contributed by atoms with Crippen LogP contribution in [0.25, 0.3) is 10.6 Å². The molecule has 1 aromatic heterocycles. The van der Waals surface area contributed by atoms with Gasteiger partial charge in [-0.1, -0.05) is 0 Å². The molecule has 4 nitrogen and oxygen atoms in total. The summed E-state index contributed by atoms with van der Waals surface area (Å²) in [6, 6.07) is 7.78. The molecule has 0 spiro atoms. The molecular formula is C13H10N2O2S. The molecule has 2 aromatic rings. The molecule has 0 saturated heterocycles. The summed E-state index contributed by atoms with van der Waals surface area (Å²) in [7, 11) is 0. The molecule has 3 rings (SSSR count). The fourth-order valence-electron chi connectivity index (χ4n) is 1.75. The highest BCUT2D eigenvalue weighted by molar-refractivity contribution is 7.13. The topological polar surface area (TPSA) is 55.1 Å². The number of nitriles is 1. The van der Waals surface area contributed by atoms with Gasteiger partial charge in [0.05, 0.1) is 13.2 Å². The third kappa shape index (κ3) is 2.03. The number of fused-ring (bicyclic) bond motifs is 1. The average molecular weight is 258 g/mol. The fraction of sp³-hybridized carbons (Fsp3) is 0.231. The molecule has 1 aliphatic heterocycles. The summed E-state index contributed by atoms with van der Waals surface area (Å²) in [5.41, 5.74) is 1.40. The highest BCUT2D eigenvalue weighted by atomic mass is 32.1. The lowest BCUT2D eigenvalue weighted by atomic mass is 10.2. The Hall–Kier alpha value is -2.06. The van der Waals surface area contributed by atoms with Crippen molar-refractivity contribution >= 4 is 11.3 Å². The fourth-order valence-corrected chi connectivity index (χ4v) is 2.50. The van der Waals surface area contributed by atoms with E-state index >= 15 is 0 Å². The normalized spacial score (nSPS) is 13.7. The second-order valence-electron chi connectivity index (χ2n) is 3.86. The Morgan fingerprint density at radius 2 is 2.06 bits per heavy atom. The minimum atomic E-state index is 0.446. The van der Waals surface area contributed by atoms with E-state index in [4.69, 9.17) is 14.7 Å². The third-order valence-electron chi connectivity index (χ3n) is 2.61. The largest absolute Gasteiger partial charge is 0.490 e. The van der Waals surface area contributed by atoms with Gasteiger partial charge in [0, 0.05) is 17.4 Å². The minimum Gasteiger partial charge on any atom is -0.490 e. The molecule has 0 bridgehead atoms. The Morgan fingerprint density at radius 3 is 2.83 bits per heavy atom. The van der Waals surface area contributed by atoms with Crippen LogP contribution in [0, 0.1) is 11.3 Å². The van der Waals surface area contributed by atoms with E-state index in [0.29, 0.717) is 18.9 Å². The first-order chi connectivity index (χ1) is 8.86. The summed E-state index contributed by atoms with van der Waals surface area (Å²) in [5.74, 6) is 1.52. The van der Waals surface area contributed by atoms with Crippen LogP contribution in [0.5, 0.6) is 11.5 Å². The predicted octanol–water partition coefficient (Wildman–Crippen LogP) is 2.84. The molecule has 0 aliphatic carbocycles. The van der Waals surface area contributed by atoms with Crippen molar-refractivity contribution in [2.45, 2.75) is 6.42 Å². The SMILES string of the molecule is N#Cc1csc(-c2ccc3c(c2)OCCCO3)n1. The van der Waals surface area contributed by atoms with Gasteiger partial charge in [0.1, 0.15) is 11.1 Å². The first kappa shape index (κ1) is 11.1. The van der Waals surface area contributed by atoms with Crippen molar-refractivity contribution in [1.29, 1.82) is 5.26 Å². The van der Waals surface area contributed by atoms with Gasteiger partial charge in [-0.15, -0.1) is 11.3 Å². The van der Waals surface area contributed by atoms with Gasteiger partial charge in [-0.3, -0.25) is 0 Å². The molecule has 1 aliphatic rings. The highest BCUT2D eigenvalue weighted by Crippen LogP contribution is 2.35. The lowest BCUT2D eigenvalue weighted by Crippen LogP contribution is -1.97. The summed E-state index contributed by atoms with van der Waals surface area (Å²) in [6.07, 6.45) is 0.889.